The highest BCUT2D eigenvalue weighted by Crippen LogP contribution is 2.32. The maximum atomic E-state index is 12.8. The molecule has 0 bridgehead atoms. The van der Waals surface area contributed by atoms with Gasteiger partial charge < -0.3 is 15.4 Å². The van der Waals surface area contributed by atoms with Gasteiger partial charge in [-0.05, 0) is 35.2 Å². The van der Waals surface area contributed by atoms with Gasteiger partial charge in [-0.2, -0.15) is 0 Å². The van der Waals surface area contributed by atoms with Crippen molar-refractivity contribution in [2.45, 2.75) is 25.3 Å². The molecule has 1 amide bonds. The van der Waals surface area contributed by atoms with E-state index in [9.17, 15) is 9.59 Å². The van der Waals surface area contributed by atoms with Gasteiger partial charge in [-0.3, -0.25) is 4.79 Å². The normalized spacial score (nSPS) is 16.5. The summed E-state index contributed by atoms with van der Waals surface area (Å²) in [6.45, 7) is 1.20. The minimum absolute atomic E-state index is 0.114. The standard InChI is InChI=1S/C21H22N2O3/c1-26-19(14-24)12-15-2-6-17(7-3-15)20-10-11-23(21(20)25)18-8-4-16(13-22)5-9-18/h2-9,20H,10-13,22H2,1H3. The van der Waals surface area contributed by atoms with Gasteiger partial charge in [0.05, 0.1) is 13.0 Å². The molecule has 26 heavy (non-hydrogen) atoms. The Bertz CT molecular complexity index is 821. The number of hydrogen-bond donors (Lipinski definition) is 1. The van der Waals surface area contributed by atoms with E-state index in [0.29, 0.717) is 19.5 Å². The fourth-order valence-electron chi connectivity index (χ4n) is 3.26. The first-order valence-corrected chi connectivity index (χ1v) is 8.63. The van der Waals surface area contributed by atoms with E-state index in [1.165, 1.54) is 7.11 Å². The van der Waals surface area contributed by atoms with Crippen molar-refractivity contribution >= 4 is 17.5 Å². The van der Waals surface area contributed by atoms with Crippen molar-refractivity contribution in [2.75, 3.05) is 18.6 Å². The number of rotatable bonds is 6. The van der Waals surface area contributed by atoms with Crippen LogP contribution in [0.1, 0.15) is 29.0 Å². The average molecular weight is 350 g/mol. The van der Waals surface area contributed by atoms with Crippen LogP contribution in [0.3, 0.4) is 0 Å². The lowest BCUT2D eigenvalue weighted by atomic mass is 9.96. The van der Waals surface area contributed by atoms with Crippen LogP contribution in [-0.4, -0.2) is 25.5 Å². The first-order chi connectivity index (χ1) is 12.7. The summed E-state index contributed by atoms with van der Waals surface area (Å²) in [5.41, 5.74) is 9.53. The Morgan fingerprint density at radius 1 is 1.15 bits per heavy atom. The minimum atomic E-state index is -0.137. The zero-order chi connectivity index (χ0) is 18.5. The number of nitrogens with two attached hydrogens (primary N) is 1. The Labute approximate surface area is 153 Å². The van der Waals surface area contributed by atoms with Crippen molar-refractivity contribution in [3.63, 3.8) is 0 Å². The van der Waals surface area contributed by atoms with Crippen LogP contribution in [0.15, 0.2) is 54.3 Å². The van der Waals surface area contributed by atoms with Crippen LogP contribution in [0.25, 0.3) is 0 Å². The van der Waals surface area contributed by atoms with E-state index in [-0.39, 0.29) is 17.6 Å². The van der Waals surface area contributed by atoms with Gasteiger partial charge in [0.25, 0.3) is 0 Å². The summed E-state index contributed by atoms with van der Waals surface area (Å²) in [6, 6.07) is 15.6. The quantitative estimate of drug-likeness (QED) is 0.642. The van der Waals surface area contributed by atoms with Crippen molar-refractivity contribution < 1.29 is 14.3 Å². The molecule has 1 aliphatic rings. The van der Waals surface area contributed by atoms with Crippen LogP contribution in [0, 0.1) is 0 Å². The van der Waals surface area contributed by atoms with Crippen LogP contribution in [-0.2, 0) is 27.3 Å². The molecular formula is C21H22N2O3. The van der Waals surface area contributed by atoms with Gasteiger partial charge in [-0.25, -0.2) is 4.79 Å². The topological polar surface area (TPSA) is 72.6 Å². The monoisotopic (exact) mass is 350 g/mol. The smallest absolute Gasteiger partial charge is 0.234 e. The summed E-state index contributed by atoms with van der Waals surface area (Å²) in [6.07, 6.45) is 1.19. The summed E-state index contributed by atoms with van der Waals surface area (Å²) < 4.78 is 4.95. The second-order valence-corrected chi connectivity index (χ2v) is 6.35. The lowest BCUT2D eigenvalue weighted by molar-refractivity contribution is -0.118. The zero-order valence-corrected chi connectivity index (χ0v) is 14.8. The number of hydrogen-bond acceptors (Lipinski definition) is 4. The second kappa shape index (κ2) is 8.00. The first-order valence-electron chi connectivity index (χ1n) is 8.63. The molecule has 0 aliphatic carbocycles. The van der Waals surface area contributed by atoms with E-state index >= 15 is 0 Å². The number of methoxy groups -OCH3 is 1. The van der Waals surface area contributed by atoms with Crippen LogP contribution in [0.4, 0.5) is 5.69 Å². The van der Waals surface area contributed by atoms with Crippen molar-refractivity contribution in [3.05, 3.63) is 71.0 Å². The van der Waals surface area contributed by atoms with Crippen molar-refractivity contribution in [1.29, 1.82) is 0 Å². The number of anilines is 1. The van der Waals surface area contributed by atoms with Gasteiger partial charge >= 0.3 is 0 Å². The van der Waals surface area contributed by atoms with E-state index in [0.717, 1.165) is 28.8 Å². The number of amides is 1. The van der Waals surface area contributed by atoms with Gasteiger partial charge in [0, 0.05) is 25.2 Å². The molecule has 134 valence electrons. The number of allylic oxidation sites excluding steroid dienone is 1. The van der Waals surface area contributed by atoms with Crippen LogP contribution < -0.4 is 10.6 Å². The van der Waals surface area contributed by atoms with Crippen molar-refractivity contribution in [2.24, 2.45) is 5.73 Å². The molecule has 0 radical (unpaired) electrons. The number of carbonyl (C=O) groups excluding carboxylic acids is 2. The van der Waals surface area contributed by atoms with E-state index in [2.05, 4.69) is 0 Å². The van der Waals surface area contributed by atoms with E-state index < -0.39 is 0 Å². The van der Waals surface area contributed by atoms with Gasteiger partial charge in [-0.1, -0.05) is 36.4 Å². The van der Waals surface area contributed by atoms with Gasteiger partial charge in [-0.15, -0.1) is 0 Å². The molecule has 1 atom stereocenters. The molecular weight excluding hydrogens is 328 g/mol. The van der Waals surface area contributed by atoms with Crippen molar-refractivity contribution in [1.82, 2.24) is 0 Å². The molecule has 5 nitrogen and oxygen atoms in total. The van der Waals surface area contributed by atoms with Gasteiger partial charge in [0.2, 0.25) is 5.91 Å². The molecule has 0 saturated carbocycles. The number of nitrogens with zero attached hydrogens (tertiary/aromatic N) is 1. The van der Waals surface area contributed by atoms with Gasteiger partial charge in [0.1, 0.15) is 0 Å². The Balaban J connectivity index is 1.72. The van der Waals surface area contributed by atoms with E-state index in [1.54, 1.807) is 5.94 Å². The van der Waals surface area contributed by atoms with Gasteiger partial charge in [0.15, 0.2) is 11.7 Å². The Morgan fingerprint density at radius 2 is 1.81 bits per heavy atom. The number of benzene rings is 2. The third-order valence-corrected chi connectivity index (χ3v) is 4.80. The third kappa shape index (κ3) is 3.69. The van der Waals surface area contributed by atoms with Crippen LogP contribution >= 0.6 is 0 Å². The molecule has 0 spiro atoms. The first kappa shape index (κ1) is 17.9. The summed E-state index contributed by atoms with van der Waals surface area (Å²) >= 11 is 0. The fourth-order valence-corrected chi connectivity index (χ4v) is 3.26. The highest BCUT2D eigenvalue weighted by Gasteiger charge is 2.33. The molecule has 2 N–H and O–H groups in total. The third-order valence-electron chi connectivity index (χ3n) is 4.80. The lowest BCUT2D eigenvalue weighted by Gasteiger charge is -2.17. The predicted molar refractivity (Wildman–Crippen MR) is 100 cm³/mol. The Hall–Kier alpha value is -2.88. The minimum Gasteiger partial charge on any atom is -0.489 e. The molecule has 1 unspecified atom stereocenters. The molecule has 2 aromatic rings. The molecule has 2 aromatic carbocycles. The van der Waals surface area contributed by atoms with Crippen molar-refractivity contribution in [3.8, 4) is 0 Å². The second-order valence-electron chi connectivity index (χ2n) is 6.35. The highest BCUT2D eigenvalue weighted by atomic mass is 16.5. The van der Waals surface area contributed by atoms with Crippen LogP contribution in [0.5, 0.6) is 0 Å². The highest BCUT2D eigenvalue weighted by molar-refractivity contribution is 6.00. The SMILES string of the molecule is COC(=C=O)Cc1ccc(C2CCN(c3ccc(CN)cc3)C2=O)cc1. The Kier molecular flexibility index (Phi) is 5.52. The summed E-state index contributed by atoms with van der Waals surface area (Å²) in [4.78, 5) is 25.4. The molecule has 3 rings (SSSR count). The maximum absolute atomic E-state index is 12.8. The predicted octanol–water partition coefficient (Wildman–Crippen LogP) is 2.57. The molecule has 1 saturated heterocycles. The molecule has 1 heterocycles. The van der Waals surface area contributed by atoms with E-state index in [1.807, 2.05) is 53.4 Å². The number of ether oxygens (including phenoxy) is 1. The zero-order valence-electron chi connectivity index (χ0n) is 14.8. The molecule has 5 heteroatoms. The summed E-state index contributed by atoms with van der Waals surface area (Å²) in [5, 5.41) is 0. The Morgan fingerprint density at radius 3 is 2.38 bits per heavy atom. The van der Waals surface area contributed by atoms with E-state index in [4.69, 9.17) is 10.5 Å². The molecule has 1 fully saturated rings. The van der Waals surface area contributed by atoms with Crippen LogP contribution in [0.2, 0.25) is 0 Å². The maximum Gasteiger partial charge on any atom is 0.234 e. The number of carbonyl (C=O) groups is 1. The molecule has 0 aromatic heterocycles. The summed E-state index contributed by atoms with van der Waals surface area (Å²) in [7, 11) is 1.46. The lowest BCUT2D eigenvalue weighted by Crippen LogP contribution is -2.26. The summed E-state index contributed by atoms with van der Waals surface area (Å²) in [5.74, 6) is 2.03. The average Bonchev–Trinajstić information content (AvgIpc) is 3.08. The largest absolute Gasteiger partial charge is 0.489 e. The fraction of sp³-hybridized carbons (Fsp3) is 0.286. The molecule has 1 aliphatic heterocycles.